The number of aliphatic hydroxyl groups is 1. The average Bonchev–Trinajstić information content (AvgIpc) is 1.30. The van der Waals surface area contributed by atoms with E-state index in [1.165, 1.54) is 59.3 Å². The van der Waals surface area contributed by atoms with Gasteiger partial charge in [-0.05, 0) is 104 Å². The Kier molecular flexibility index (Phi) is 22.8. The van der Waals surface area contributed by atoms with Crippen LogP contribution in [0.2, 0.25) is 0 Å². The van der Waals surface area contributed by atoms with Gasteiger partial charge in [-0.1, -0.05) is 98.8 Å². The highest BCUT2D eigenvalue weighted by Crippen LogP contribution is 2.44. The number of H-pyrrole nitrogens is 1. The molecule has 2 fully saturated rings. The van der Waals surface area contributed by atoms with Gasteiger partial charge in [0.2, 0.25) is 17.8 Å². The largest absolute Gasteiger partial charge is 0.497 e. The van der Waals surface area contributed by atoms with E-state index < -0.39 is 119 Å². The number of aromatic nitrogens is 8. The van der Waals surface area contributed by atoms with E-state index in [0.29, 0.717) is 50.5 Å². The van der Waals surface area contributed by atoms with Crippen molar-refractivity contribution in [2.75, 3.05) is 45.1 Å². The van der Waals surface area contributed by atoms with Crippen molar-refractivity contribution in [3.05, 3.63) is 196 Å². The third-order valence-electron chi connectivity index (χ3n) is 17.2. The molecule has 5 amide bonds. The minimum Gasteiger partial charge on any atom is -0.497 e. The molecule has 5 aromatic carbocycles. The Balaban J connectivity index is 0.789. The summed E-state index contributed by atoms with van der Waals surface area (Å²) in [7, 11) is -0.325. The summed E-state index contributed by atoms with van der Waals surface area (Å²) >= 11 is 0. The van der Waals surface area contributed by atoms with E-state index in [4.69, 9.17) is 37.3 Å². The summed E-state index contributed by atoms with van der Waals surface area (Å²) in [5.74, 6) is -1.39. The van der Waals surface area contributed by atoms with Crippen LogP contribution in [0.3, 0.4) is 0 Å². The van der Waals surface area contributed by atoms with Gasteiger partial charge in [-0.2, -0.15) is 18.1 Å². The van der Waals surface area contributed by atoms with Crippen molar-refractivity contribution in [3.8, 4) is 11.5 Å². The molecule has 0 radical (unpaired) electrons. The van der Waals surface area contributed by atoms with Gasteiger partial charge in [0.15, 0.2) is 35.4 Å². The Morgan fingerprint density at radius 3 is 2.09 bits per heavy atom. The van der Waals surface area contributed by atoms with E-state index in [2.05, 4.69) is 55.9 Å². The average molecular weight is 1450 g/mol. The number of benzene rings is 5. The fourth-order valence-corrected chi connectivity index (χ4v) is 12.9. The molecule has 4 aromatic heterocycles. The van der Waals surface area contributed by atoms with Crippen LogP contribution in [-0.2, 0) is 66.5 Å². The Hall–Kier alpha value is -10.8. The lowest BCUT2D eigenvalue weighted by atomic mass is 9.80. The van der Waals surface area contributed by atoms with Crippen LogP contribution in [0.25, 0.3) is 22.3 Å². The van der Waals surface area contributed by atoms with Gasteiger partial charge >= 0.3 is 22.5 Å². The van der Waals surface area contributed by atoms with E-state index >= 15 is 4.39 Å². The molecule has 9 aromatic rings. The second kappa shape index (κ2) is 31.8. The Labute approximate surface area is 596 Å². The summed E-state index contributed by atoms with van der Waals surface area (Å²) in [6, 6.07) is 34.8. The monoisotopic (exact) mass is 1450 g/mol. The highest BCUT2D eigenvalue weighted by Gasteiger charge is 2.48. The van der Waals surface area contributed by atoms with Crippen molar-refractivity contribution in [2.24, 2.45) is 5.92 Å². The molecule has 6 heterocycles. The van der Waals surface area contributed by atoms with Gasteiger partial charge in [-0.3, -0.25) is 38.6 Å². The summed E-state index contributed by atoms with van der Waals surface area (Å²) in [5.41, 5.74) is 0.606. The van der Waals surface area contributed by atoms with Crippen LogP contribution in [0.1, 0.15) is 98.6 Å². The summed E-state index contributed by atoms with van der Waals surface area (Å²) in [5, 5.41) is 21.6. The molecule has 31 nitrogen and oxygen atoms in total. The van der Waals surface area contributed by atoms with E-state index in [0.717, 1.165) is 0 Å². The number of nitrogens with zero attached hydrogens (tertiary/aromatic N) is 8. The van der Waals surface area contributed by atoms with Crippen molar-refractivity contribution in [1.29, 1.82) is 0 Å². The molecule has 0 saturated carbocycles. The number of aromatic amines is 1. The fraction of sp³-hybridized carbons (Fsp3) is 0.366. The SMILES string of the molecule is COc1ccc(C(OC[C@@H]2C[C@@H](OS(=O)(=O)NC[C@H]3O[C@@H](n4cnc5cncnc54)[C@H](F)[C@@H]3O)[C@H](n3cnc4c(=O)[nH]c(NC(=O)c5ccccc5CN(C)C(=O)OCc5ccc(NC(=O)[C@H](C)NC(=O)[C@@H](NC(=O)OC(C)(C)C)C(C)C)cc5)nc43)O2)(c2ccccc2)c2ccc(OC)cc2)cc1. The Morgan fingerprint density at radius 1 is 0.779 bits per heavy atom. The smallest absolute Gasteiger partial charge is 0.410 e. The van der Waals surface area contributed by atoms with Crippen molar-refractivity contribution in [1.82, 2.24) is 59.3 Å². The first-order valence-corrected chi connectivity index (χ1v) is 34.5. The minimum atomic E-state index is -4.89. The van der Waals surface area contributed by atoms with Crippen LogP contribution in [0.5, 0.6) is 11.5 Å². The predicted molar refractivity (Wildman–Crippen MR) is 374 cm³/mol. The lowest BCUT2D eigenvalue weighted by molar-refractivity contribution is -0.128. The molecular formula is C71H79FN14O17S. The molecule has 104 heavy (non-hydrogen) atoms. The van der Waals surface area contributed by atoms with Crippen molar-refractivity contribution < 1.29 is 79.2 Å². The Bertz CT molecular complexity index is 4670. The van der Waals surface area contributed by atoms with Gasteiger partial charge in [-0.15, -0.1) is 0 Å². The van der Waals surface area contributed by atoms with Gasteiger partial charge in [-0.25, -0.2) is 38.1 Å². The van der Waals surface area contributed by atoms with Crippen LogP contribution in [-0.4, -0.2) is 170 Å². The van der Waals surface area contributed by atoms with Crippen LogP contribution in [0, 0.1) is 5.92 Å². The third kappa shape index (κ3) is 17.1. The van der Waals surface area contributed by atoms with Crippen molar-refractivity contribution >= 4 is 74.2 Å². The quantitative estimate of drug-likeness (QED) is 0.0252. The summed E-state index contributed by atoms with van der Waals surface area (Å²) in [6.45, 7) is 8.86. The maximum absolute atomic E-state index is 15.9. The first-order chi connectivity index (χ1) is 49.7. The highest BCUT2D eigenvalue weighted by atomic mass is 32.2. The maximum Gasteiger partial charge on any atom is 0.410 e. The van der Waals surface area contributed by atoms with Crippen LogP contribution >= 0.6 is 0 Å². The molecule has 7 N–H and O–H groups in total. The van der Waals surface area contributed by atoms with Crippen LogP contribution in [0.15, 0.2) is 157 Å². The fourth-order valence-electron chi connectivity index (χ4n) is 12.0. The number of methoxy groups -OCH3 is 2. The molecule has 2 aliphatic heterocycles. The molecule has 548 valence electrons. The number of rotatable bonds is 27. The summed E-state index contributed by atoms with van der Waals surface area (Å²) < 4.78 is 97.1. The zero-order valence-corrected chi connectivity index (χ0v) is 58.9. The number of halogens is 1. The van der Waals surface area contributed by atoms with Crippen LogP contribution in [0.4, 0.5) is 25.6 Å². The molecule has 0 unspecified atom stereocenters. The number of fused-ring (bicyclic) bond motifs is 2. The lowest BCUT2D eigenvalue weighted by Crippen LogP contribution is -2.54. The first kappa shape index (κ1) is 74.4. The number of imidazole rings is 2. The van der Waals surface area contributed by atoms with Gasteiger partial charge < -0.3 is 59.1 Å². The van der Waals surface area contributed by atoms with Gasteiger partial charge in [0.25, 0.3) is 11.5 Å². The second-order valence-corrected chi connectivity index (χ2v) is 27.5. The first-order valence-electron chi connectivity index (χ1n) is 33.1. The number of nitrogens with one attached hydrogen (secondary N) is 6. The normalized spacial score (nSPS) is 18.9. The molecule has 0 bridgehead atoms. The zero-order chi connectivity index (χ0) is 74.2. The highest BCUT2D eigenvalue weighted by molar-refractivity contribution is 7.84. The maximum atomic E-state index is 15.9. The number of amides is 5. The zero-order valence-electron chi connectivity index (χ0n) is 58.1. The van der Waals surface area contributed by atoms with E-state index in [-0.39, 0.29) is 60.4 Å². The van der Waals surface area contributed by atoms with Crippen molar-refractivity contribution in [2.45, 2.75) is 127 Å². The summed E-state index contributed by atoms with van der Waals surface area (Å²) in [6.07, 6.45) is -7.26. The standard InChI is InChI=1S/C71H79FN14O17S/c1-40(2)56(80-68(92)102-70(4,5)6)63(90)78-41(3)61(88)79-47-25-19-42(20-26-47)35-98-69(93)84(7)34-43-15-13-14-18-51(43)62(89)82-67-81-60-57(64(91)83-67)76-39-86(60)65-53(103-104(94,95)77-33-54-58(87)55(72)66(101-54)85-38-75-52-32-73-37-74-59(52)85)31-50(100-65)36-99-71(44-16-11-10-12-17-44,45-21-27-48(96-8)28-22-45)46-23-29-49(97-9)30-24-46/h10-30,32,37-41,50,53-56,58,65-66,77,87H,31,33-36H2,1-9H3,(H,78,90)(H,79,88)(H,80,92)(H2,81,82,83,89,91)/t41-,50-,53+,54+,55+,56-,58+,65+,66+/m0/s1. The number of hydrogen-bond donors (Lipinski definition) is 7. The number of alkyl halides is 1. The van der Waals surface area contributed by atoms with Gasteiger partial charge in [0.1, 0.15) is 71.5 Å². The van der Waals surface area contributed by atoms with Gasteiger partial charge in [0, 0.05) is 37.8 Å². The van der Waals surface area contributed by atoms with Crippen LogP contribution < -0.4 is 41.0 Å². The Morgan fingerprint density at radius 2 is 1.42 bits per heavy atom. The molecule has 9 atom stereocenters. The number of alkyl carbamates (subject to hydrolysis) is 1. The molecule has 2 aliphatic rings. The molecule has 2 saturated heterocycles. The summed E-state index contributed by atoms with van der Waals surface area (Å²) in [4.78, 5) is 106. The molecule has 0 aliphatic carbocycles. The number of carbonyl (C=O) groups is 5. The number of carbonyl (C=O) groups excluding carboxylic acids is 5. The topological polar surface area (TPSA) is 384 Å². The molecule has 33 heteroatoms. The van der Waals surface area contributed by atoms with E-state index in [1.54, 1.807) is 116 Å². The third-order valence-corrected chi connectivity index (χ3v) is 18.2. The lowest BCUT2D eigenvalue weighted by Gasteiger charge is -2.37. The number of ether oxygens (including phenoxy) is 7. The second-order valence-electron chi connectivity index (χ2n) is 26.1. The molecule has 11 rings (SSSR count). The number of hydrogen-bond acceptors (Lipinski definition) is 22. The number of aliphatic hydroxyl groups excluding tert-OH is 1. The molecular weight excluding hydrogens is 1370 g/mol. The van der Waals surface area contributed by atoms with E-state index in [9.17, 15) is 42.3 Å². The van der Waals surface area contributed by atoms with Gasteiger partial charge in [0.05, 0.1) is 45.8 Å². The predicted octanol–water partition coefficient (Wildman–Crippen LogP) is 7.10. The minimum absolute atomic E-state index is 0.0778. The van der Waals surface area contributed by atoms with Crippen molar-refractivity contribution in [3.63, 3.8) is 0 Å². The number of anilines is 2. The van der Waals surface area contributed by atoms with E-state index in [1.807, 2.05) is 54.6 Å². The molecule has 0 spiro atoms.